The van der Waals surface area contributed by atoms with Gasteiger partial charge in [-0.15, -0.1) is 0 Å². The van der Waals surface area contributed by atoms with E-state index in [0.29, 0.717) is 17.0 Å². The summed E-state index contributed by atoms with van der Waals surface area (Å²) in [4.78, 5) is 23.8. The largest absolute Gasteiger partial charge is 0.490 e. The van der Waals surface area contributed by atoms with E-state index in [1.165, 1.54) is 17.1 Å². The van der Waals surface area contributed by atoms with Gasteiger partial charge in [-0.1, -0.05) is 6.07 Å². The van der Waals surface area contributed by atoms with E-state index >= 15 is 0 Å². The normalized spacial score (nSPS) is 19.9. The van der Waals surface area contributed by atoms with Gasteiger partial charge in [0.2, 0.25) is 0 Å². The lowest BCUT2D eigenvalue weighted by Gasteiger charge is -2.11. The van der Waals surface area contributed by atoms with Crippen LogP contribution >= 0.6 is 0 Å². The monoisotopic (exact) mass is 362 g/mol. The number of carbonyl (C=O) groups is 2. The third-order valence-electron chi connectivity index (χ3n) is 4.65. The average molecular weight is 362 g/mol. The van der Waals surface area contributed by atoms with Crippen LogP contribution in [0.2, 0.25) is 0 Å². The van der Waals surface area contributed by atoms with Crippen LogP contribution in [0.25, 0.3) is 6.08 Å². The smallest absolute Gasteiger partial charge is 0.335 e. The van der Waals surface area contributed by atoms with Gasteiger partial charge in [0.1, 0.15) is 11.9 Å². The van der Waals surface area contributed by atoms with Crippen molar-refractivity contribution in [3.05, 3.63) is 64.7 Å². The summed E-state index contributed by atoms with van der Waals surface area (Å²) in [5.41, 5.74) is 3.89. The molecule has 136 valence electrons. The van der Waals surface area contributed by atoms with Gasteiger partial charge >= 0.3 is 5.97 Å². The van der Waals surface area contributed by atoms with Gasteiger partial charge in [0.25, 0.3) is 5.91 Å². The van der Waals surface area contributed by atoms with E-state index in [0.717, 1.165) is 23.3 Å². The van der Waals surface area contributed by atoms with Crippen LogP contribution in [0.1, 0.15) is 35.3 Å². The number of fused-ring (bicyclic) bond motifs is 1. The second kappa shape index (κ2) is 6.39. The number of aromatic carboxylic acids is 1. The third kappa shape index (κ3) is 3.10. The van der Waals surface area contributed by atoms with Crippen molar-refractivity contribution < 1.29 is 19.4 Å². The quantitative estimate of drug-likeness (QED) is 0.848. The van der Waals surface area contributed by atoms with Crippen LogP contribution in [0.15, 0.2) is 53.1 Å². The van der Waals surface area contributed by atoms with Crippen molar-refractivity contribution in [2.45, 2.75) is 26.4 Å². The number of amides is 1. The molecule has 2 aromatic carbocycles. The number of hydrazone groups is 1. The van der Waals surface area contributed by atoms with E-state index in [-0.39, 0.29) is 17.6 Å². The van der Waals surface area contributed by atoms with E-state index < -0.39 is 5.97 Å². The SMILES string of the molecule is CC1=NN(c2ccc(C(=O)O)cc2)C(=O)/C1=C\c1ccc2c(c1)C[C@H](C)O2. The van der Waals surface area contributed by atoms with Crippen molar-refractivity contribution in [2.75, 3.05) is 5.01 Å². The highest BCUT2D eigenvalue weighted by Gasteiger charge is 2.29. The fourth-order valence-corrected chi connectivity index (χ4v) is 3.30. The molecule has 1 amide bonds. The van der Waals surface area contributed by atoms with Crippen molar-refractivity contribution >= 4 is 29.4 Å². The third-order valence-corrected chi connectivity index (χ3v) is 4.65. The van der Waals surface area contributed by atoms with Crippen LogP contribution < -0.4 is 9.75 Å². The lowest BCUT2D eigenvalue weighted by atomic mass is 10.0. The van der Waals surface area contributed by atoms with Gasteiger partial charge in [0, 0.05) is 6.42 Å². The number of hydrogen-bond donors (Lipinski definition) is 1. The van der Waals surface area contributed by atoms with Crippen LogP contribution in [-0.2, 0) is 11.2 Å². The topological polar surface area (TPSA) is 79.2 Å². The molecule has 0 aromatic heterocycles. The molecule has 0 aliphatic carbocycles. The Kier molecular flexibility index (Phi) is 4.03. The maximum absolute atomic E-state index is 12.8. The summed E-state index contributed by atoms with van der Waals surface area (Å²) < 4.78 is 5.71. The Morgan fingerprint density at radius 3 is 2.70 bits per heavy atom. The Balaban J connectivity index is 1.61. The summed E-state index contributed by atoms with van der Waals surface area (Å²) in [5, 5.41) is 14.6. The predicted molar refractivity (Wildman–Crippen MR) is 102 cm³/mol. The molecule has 2 aliphatic heterocycles. The molecule has 1 atom stereocenters. The second-order valence-corrected chi connectivity index (χ2v) is 6.71. The van der Waals surface area contributed by atoms with Gasteiger partial charge < -0.3 is 9.84 Å². The zero-order valence-corrected chi connectivity index (χ0v) is 15.0. The molecule has 4 rings (SSSR count). The Bertz CT molecular complexity index is 1010. The molecular formula is C21H18N2O4. The molecule has 6 heteroatoms. The van der Waals surface area contributed by atoms with Crippen LogP contribution in [0.4, 0.5) is 5.69 Å². The molecular weight excluding hydrogens is 344 g/mol. The van der Waals surface area contributed by atoms with Crippen molar-refractivity contribution in [3.63, 3.8) is 0 Å². The van der Waals surface area contributed by atoms with Crippen LogP contribution in [0.3, 0.4) is 0 Å². The number of benzene rings is 2. The summed E-state index contributed by atoms with van der Waals surface area (Å²) in [6.07, 6.45) is 2.86. The van der Waals surface area contributed by atoms with Crippen LogP contribution in [-0.4, -0.2) is 28.8 Å². The number of nitrogens with zero attached hydrogens (tertiary/aromatic N) is 2. The van der Waals surface area contributed by atoms with Gasteiger partial charge in [0.15, 0.2) is 0 Å². The fourth-order valence-electron chi connectivity index (χ4n) is 3.30. The zero-order valence-electron chi connectivity index (χ0n) is 15.0. The first-order valence-corrected chi connectivity index (χ1v) is 8.67. The molecule has 0 radical (unpaired) electrons. The lowest BCUT2D eigenvalue weighted by Crippen LogP contribution is -2.21. The number of rotatable bonds is 3. The molecule has 2 aromatic rings. The van der Waals surface area contributed by atoms with E-state index in [1.54, 1.807) is 19.1 Å². The first-order valence-electron chi connectivity index (χ1n) is 8.67. The second-order valence-electron chi connectivity index (χ2n) is 6.71. The summed E-state index contributed by atoms with van der Waals surface area (Å²) >= 11 is 0. The number of carboxylic acids is 1. The van der Waals surface area contributed by atoms with Crippen molar-refractivity contribution in [3.8, 4) is 5.75 Å². The van der Waals surface area contributed by atoms with Gasteiger partial charge in [-0.05, 0) is 67.4 Å². The highest BCUT2D eigenvalue weighted by molar-refractivity contribution is 6.32. The summed E-state index contributed by atoms with van der Waals surface area (Å²) in [6.45, 7) is 3.82. The summed E-state index contributed by atoms with van der Waals surface area (Å²) in [5.74, 6) is -0.349. The fraction of sp³-hybridized carbons (Fsp3) is 0.190. The van der Waals surface area contributed by atoms with E-state index in [4.69, 9.17) is 9.84 Å². The van der Waals surface area contributed by atoms with Gasteiger partial charge in [-0.25, -0.2) is 4.79 Å². The number of hydrogen-bond acceptors (Lipinski definition) is 4. The average Bonchev–Trinajstić information content (AvgIpc) is 3.15. The summed E-state index contributed by atoms with van der Waals surface area (Å²) in [6, 6.07) is 12.0. The number of anilines is 1. The molecule has 1 N–H and O–H groups in total. The molecule has 0 saturated heterocycles. The van der Waals surface area contributed by atoms with Crippen molar-refractivity contribution in [1.82, 2.24) is 0 Å². The molecule has 0 spiro atoms. The molecule has 0 fully saturated rings. The Hall–Kier alpha value is -3.41. The lowest BCUT2D eigenvalue weighted by molar-refractivity contribution is -0.114. The molecule has 0 unspecified atom stereocenters. The number of carbonyl (C=O) groups excluding carboxylic acids is 1. The maximum Gasteiger partial charge on any atom is 0.335 e. The molecule has 6 nitrogen and oxygen atoms in total. The molecule has 2 aliphatic rings. The first kappa shape index (κ1) is 17.0. The minimum Gasteiger partial charge on any atom is -0.490 e. The highest BCUT2D eigenvalue weighted by atomic mass is 16.5. The Morgan fingerprint density at radius 2 is 2.00 bits per heavy atom. The highest BCUT2D eigenvalue weighted by Crippen LogP contribution is 2.31. The van der Waals surface area contributed by atoms with Gasteiger partial charge in [-0.2, -0.15) is 10.1 Å². The van der Waals surface area contributed by atoms with Gasteiger partial charge in [-0.3, -0.25) is 4.79 Å². The van der Waals surface area contributed by atoms with Crippen LogP contribution in [0, 0.1) is 0 Å². The summed E-state index contributed by atoms with van der Waals surface area (Å²) in [7, 11) is 0. The minimum absolute atomic E-state index is 0.163. The molecule has 0 bridgehead atoms. The van der Waals surface area contributed by atoms with Gasteiger partial charge in [0.05, 0.1) is 22.5 Å². The molecule has 2 heterocycles. The van der Waals surface area contributed by atoms with Crippen molar-refractivity contribution in [1.29, 1.82) is 0 Å². The number of ether oxygens (including phenoxy) is 1. The van der Waals surface area contributed by atoms with Crippen molar-refractivity contribution in [2.24, 2.45) is 5.10 Å². The minimum atomic E-state index is -1.01. The Labute approximate surface area is 156 Å². The number of carboxylic acid groups (broad SMARTS) is 1. The Morgan fingerprint density at radius 1 is 1.26 bits per heavy atom. The maximum atomic E-state index is 12.8. The standard InChI is InChI=1S/C21H18N2O4/c1-12-9-16-10-14(3-8-19(16)27-12)11-18-13(2)22-23(20(18)24)17-6-4-15(5-7-17)21(25)26/h3-8,10-12H,9H2,1-2H3,(H,25,26)/b18-11-/t12-/m0/s1. The zero-order chi connectivity index (χ0) is 19.1. The van der Waals surface area contributed by atoms with E-state index in [2.05, 4.69) is 5.10 Å². The van der Waals surface area contributed by atoms with E-state index in [1.807, 2.05) is 31.2 Å². The first-order chi connectivity index (χ1) is 12.9. The molecule has 27 heavy (non-hydrogen) atoms. The van der Waals surface area contributed by atoms with Crippen LogP contribution in [0.5, 0.6) is 5.75 Å². The molecule has 0 saturated carbocycles. The predicted octanol–water partition coefficient (Wildman–Crippen LogP) is 3.51. The van der Waals surface area contributed by atoms with E-state index in [9.17, 15) is 9.59 Å².